The second kappa shape index (κ2) is 5.48. The number of nitrogens with one attached hydrogen (secondary N) is 1. The van der Waals surface area contributed by atoms with E-state index in [4.69, 9.17) is 5.73 Å². The number of carbonyl (C=O) groups excluding carboxylic acids is 1. The second-order valence-corrected chi connectivity index (χ2v) is 3.46. The molecule has 0 aliphatic heterocycles. The molecule has 4 heteroatoms. The molecule has 1 amide bonds. The van der Waals surface area contributed by atoms with E-state index in [0.29, 0.717) is 0 Å². The smallest absolute Gasteiger partial charge is 0.247 e. The maximum Gasteiger partial charge on any atom is 0.247 e. The molecule has 4 N–H and O–H groups in total. The Bertz CT molecular complexity index is 314. The molecule has 2 atom stereocenters. The Kier molecular flexibility index (Phi) is 4.27. The maximum absolute atomic E-state index is 10.6. The van der Waals surface area contributed by atoms with Crippen molar-refractivity contribution in [3.05, 3.63) is 35.9 Å². The van der Waals surface area contributed by atoms with Crippen LogP contribution in [0.1, 0.15) is 18.5 Å². The summed E-state index contributed by atoms with van der Waals surface area (Å²) in [5, 5.41) is 12.2. The molecule has 0 bridgehead atoms. The fourth-order valence-corrected chi connectivity index (χ4v) is 1.25. The van der Waals surface area contributed by atoms with E-state index in [1.807, 2.05) is 37.3 Å². The summed E-state index contributed by atoms with van der Waals surface area (Å²) in [5.74, 6) is -0.706. The first-order chi connectivity index (χ1) is 7.11. The van der Waals surface area contributed by atoms with Crippen LogP contribution in [0.4, 0.5) is 0 Å². The Labute approximate surface area is 89.1 Å². The Hall–Kier alpha value is -1.39. The van der Waals surface area contributed by atoms with Crippen LogP contribution >= 0.6 is 0 Å². The van der Waals surface area contributed by atoms with Gasteiger partial charge >= 0.3 is 0 Å². The molecule has 82 valence electrons. The van der Waals surface area contributed by atoms with Gasteiger partial charge in [0.15, 0.2) is 0 Å². The fraction of sp³-hybridized carbons (Fsp3) is 0.364. The van der Waals surface area contributed by atoms with Crippen LogP contribution < -0.4 is 11.1 Å². The van der Waals surface area contributed by atoms with E-state index >= 15 is 0 Å². The number of hydrogen-bond donors (Lipinski definition) is 3. The lowest BCUT2D eigenvalue weighted by Gasteiger charge is -2.15. The van der Waals surface area contributed by atoms with Crippen LogP contribution in [0.15, 0.2) is 30.3 Å². The van der Waals surface area contributed by atoms with E-state index < -0.39 is 12.0 Å². The van der Waals surface area contributed by atoms with E-state index in [9.17, 15) is 9.90 Å². The zero-order chi connectivity index (χ0) is 11.3. The summed E-state index contributed by atoms with van der Waals surface area (Å²) < 4.78 is 0. The third kappa shape index (κ3) is 3.69. The Morgan fingerprint density at radius 1 is 1.47 bits per heavy atom. The maximum atomic E-state index is 10.6. The van der Waals surface area contributed by atoms with Gasteiger partial charge in [0.05, 0.1) is 0 Å². The molecular formula is C11H16N2O2. The predicted octanol–water partition coefficient (Wildman–Crippen LogP) is 0.183. The van der Waals surface area contributed by atoms with Gasteiger partial charge in [-0.3, -0.25) is 4.79 Å². The number of nitrogens with two attached hydrogens (primary N) is 1. The molecule has 0 heterocycles. The van der Waals surface area contributed by atoms with Gasteiger partial charge in [-0.1, -0.05) is 30.3 Å². The molecule has 0 fully saturated rings. The summed E-state index contributed by atoms with van der Waals surface area (Å²) in [7, 11) is 0. The zero-order valence-electron chi connectivity index (χ0n) is 8.68. The highest BCUT2D eigenvalue weighted by atomic mass is 16.3. The highest BCUT2D eigenvalue weighted by Gasteiger charge is 2.12. The summed E-state index contributed by atoms with van der Waals surface area (Å²) in [6.07, 6.45) is -1.13. The van der Waals surface area contributed by atoms with Crippen molar-refractivity contribution in [3.8, 4) is 0 Å². The SMILES string of the molecule is CC(NC[C@@H](O)C(N)=O)c1ccccc1. The first-order valence-electron chi connectivity index (χ1n) is 4.87. The van der Waals surface area contributed by atoms with Crippen molar-refractivity contribution in [1.29, 1.82) is 0 Å². The van der Waals surface area contributed by atoms with Crippen LogP contribution in [0.2, 0.25) is 0 Å². The van der Waals surface area contributed by atoms with Crippen LogP contribution in [0.3, 0.4) is 0 Å². The zero-order valence-corrected chi connectivity index (χ0v) is 8.68. The molecule has 1 unspecified atom stereocenters. The van der Waals surface area contributed by atoms with E-state index in [-0.39, 0.29) is 12.6 Å². The molecule has 0 aromatic heterocycles. The van der Waals surface area contributed by atoms with Crippen molar-refractivity contribution in [2.45, 2.75) is 19.1 Å². The Morgan fingerprint density at radius 2 is 2.07 bits per heavy atom. The van der Waals surface area contributed by atoms with Crippen molar-refractivity contribution in [2.24, 2.45) is 5.73 Å². The lowest BCUT2D eigenvalue weighted by atomic mass is 10.1. The molecule has 0 aliphatic carbocycles. The van der Waals surface area contributed by atoms with Crippen LogP contribution in [0.5, 0.6) is 0 Å². The first kappa shape index (κ1) is 11.7. The molecule has 0 saturated heterocycles. The predicted molar refractivity (Wildman–Crippen MR) is 58.1 cm³/mol. The standard InChI is InChI=1S/C11H16N2O2/c1-8(9-5-3-2-4-6-9)13-7-10(14)11(12)15/h2-6,8,10,13-14H,7H2,1H3,(H2,12,15)/t8?,10-/m1/s1. The van der Waals surface area contributed by atoms with Crippen molar-refractivity contribution in [1.82, 2.24) is 5.32 Å². The number of carbonyl (C=O) groups is 1. The third-order valence-corrected chi connectivity index (χ3v) is 2.25. The van der Waals surface area contributed by atoms with Gasteiger partial charge in [-0.25, -0.2) is 0 Å². The van der Waals surface area contributed by atoms with Gasteiger partial charge in [0.25, 0.3) is 0 Å². The van der Waals surface area contributed by atoms with Gasteiger partial charge in [0.2, 0.25) is 5.91 Å². The van der Waals surface area contributed by atoms with Gasteiger partial charge in [0, 0.05) is 12.6 Å². The average Bonchev–Trinajstić information content (AvgIpc) is 2.26. The monoisotopic (exact) mass is 208 g/mol. The van der Waals surface area contributed by atoms with Crippen LogP contribution in [-0.2, 0) is 4.79 Å². The summed E-state index contributed by atoms with van der Waals surface area (Å²) >= 11 is 0. The normalized spacial score (nSPS) is 14.5. The summed E-state index contributed by atoms with van der Waals surface area (Å²) in [6, 6.07) is 9.87. The minimum absolute atomic E-state index is 0.0835. The lowest BCUT2D eigenvalue weighted by Crippen LogP contribution is -2.38. The number of amides is 1. The van der Waals surface area contributed by atoms with E-state index in [1.165, 1.54) is 0 Å². The summed E-state index contributed by atoms with van der Waals surface area (Å²) in [6.45, 7) is 2.13. The minimum atomic E-state index is -1.13. The number of hydrogen-bond acceptors (Lipinski definition) is 3. The average molecular weight is 208 g/mol. The Balaban J connectivity index is 2.43. The molecule has 1 aromatic rings. The van der Waals surface area contributed by atoms with Gasteiger partial charge < -0.3 is 16.2 Å². The molecule has 1 aromatic carbocycles. The molecule has 0 radical (unpaired) electrons. The fourth-order valence-electron chi connectivity index (χ4n) is 1.25. The van der Waals surface area contributed by atoms with E-state index in [0.717, 1.165) is 5.56 Å². The Morgan fingerprint density at radius 3 is 2.60 bits per heavy atom. The van der Waals surface area contributed by atoms with Crippen LogP contribution in [0, 0.1) is 0 Å². The number of aliphatic hydroxyl groups is 1. The van der Waals surface area contributed by atoms with Crippen molar-refractivity contribution in [3.63, 3.8) is 0 Å². The number of benzene rings is 1. The highest BCUT2D eigenvalue weighted by Crippen LogP contribution is 2.10. The molecular weight excluding hydrogens is 192 g/mol. The van der Waals surface area contributed by atoms with Crippen molar-refractivity contribution < 1.29 is 9.90 Å². The third-order valence-electron chi connectivity index (χ3n) is 2.25. The molecule has 4 nitrogen and oxygen atoms in total. The van der Waals surface area contributed by atoms with Gasteiger partial charge in [0.1, 0.15) is 6.10 Å². The second-order valence-electron chi connectivity index (χ2n) is 3.46. The summed E-state index contributed by atoms with van der Waals surface area (Å²) in [4.78, 5) is 10.6. The van der Waals surface area contributed by atoms with Crippen LogP contribution in [-0.4, -0.2) is 23.7 Å². The molecule has 15 heavy (non-hydrogen) atoms. The quantitative estimate of drug-likeness (QED) is 0.646. The van der Waals surface area contributed by atoms with Crippen molar-refractivity contribution in [2.75, 3.05) is 6.54 Å². The van der Waals surface area contributed by atoms with Gasteiger partial charge in [-0.2, -0.15) is 0 Å². The van der Waals surface area contributed by atoms with Gasteiger partial charge in [-0.05, 0) is 12.5 Å². The topological polar surface area (TPSA) is 75.3 Å². The largest absolute Gasteiger partial charge is 0.382 e. The summed E-state index contributed by atoms with van der Waals surface area (Å²) in [5.41, 5.74) is 6.04. The minimum Gasteiger partial charge on any atom is -0.382 e. The molecule has 0 aliphatic rings. The highest BCUT2D eigenvalue weighted by molar-refractivity contribution is 5.78. The van der Waals surface area contributed by atoms with E-state index in [1.54, 1.807) is 0 Å². The molecule has 0 saturated carbocycles. The lowest BCUT2D eigenvalue weighted by molar-refractivity contribution is -0.125. The van der Waals surface area contributed by atoms with E-state index in [2.05, 4.69) is 5.32 Å². The number of aliphatic hydroxyl groups excluding tert-OH is 1. The number of rotatable bonds is 5. The van der Waals surface area contributed by atoms with Crippen molar-refractivity contribution >= 4 is 5.91 Å². The van der Waals surface area contributed by atoms with Gasteiger partial charge in [-0.15, -0.1) is 0 Å². The first-order valence-corrected chi connectivity index (χ1v) is 4.87. The van der Waals surface area contributed by atoms with Crippen LogP contribution in [0.25, 0.3) is 0 Å². The molecule has 0 spiro atoms. The molecule has 1 rings (SSSR count). The number of primary amides is 1.